The van der Waals surface area contributed by atoms with E-state index < -0.39 is 0 Å². The minimum Gasteiger partial charge on any atom is -0.395 e. The van der Waals surface area contributed by atoms with Crippen LogP contribution in [-0.4, -0.2) is 22.2 Å². The molecule has 1 aromatic heterocycles. The van der Waals surface area contributed by atoms with Crippen LogP contribution in [0.3, 0.4) is 0 Å². The van der Waals surface area contributed by atoms with E-state index in [9.17, 15) is 4.79 Å². The third-order valence-electron chi connectivity index (χ3n) is 3.80. The number of aromatic nitrogens is 2. The summed E-state index contributed by atoms with van der Waals surface area (Å²) in [4.78, 5) is 12.0. The van der Waals surface area contributed by atoms with Gasteiger partial charge in [0.25, 0.3) is 5.91 Å². The maximum Gasteiger partial charge on any atom is 0.271 e. The van der Waals surface area contributed by atoms with E-state index in [1.165, 1.54) is 25.7 Å². The Morgan fingerprint density at radius 1 is 1.50 bits per heavy atom. The second-order valence-electron chi connectivity index (χ2n) is 5.17. The van der Waals surface area contributed by atoms with Gasteiger partial charge in [0.2, 0.25) is 0 Å². The fraction of sp³-hybridized carbons (Fsp3) is 0.692. The van der Waals surface area contributed by atoms with Crippen molar-refractivity contribution in [1.29, 1.82) is 0 Å². The minimum atomic E-state index is -0.117. The van der Waals surface area contributed by atoms with Crippen LogP contribution in [0.25, 0.3) is 0 Å². The Morgan fingerprint density at radius 2 is 2.17 bits per heavy atom. The summed E-state index contributed by atoms with van der Waals surface area (Å²) in [5.41, 5.74) is 7.51. The van der Waals surface area contributed by atoms with Crippen LogP contribution >= 0.6 is 0 Å². The van der Waals surface area contributed by atoms with Gasteiger partial charge in [-0.15, -0.1) is 0 Å². The Labute approximate surface area is 108 Å². The Hall–Kier alpha value is -1.52. The number of carbonyl (C=O) groups excluding carboxylic acids is 1. The lowest BCUT2D eigenvalue weighted by atomic mass is 10.0. The molecule has 0 aliphatic heterocycles. The summed E-state index contributed by atoms with van der Waals surface area (Å²) >= 11 is 0. The molecule has 1 amide bonds. The summed E-state index contributed by atoms with van der Waals surface area (Å²) in [5, 5.41) is 7.09. The van der Waals surface area contributed by atoms with Crippen molar-refractivity contribution in [2.75, 3.05) is 12.3 Å². The molecule has 0 spiro atoms. The SMILES string of the molecule is Cc1nn(C)c(C(=O)NCCC2CCCC2)c1N. The van der Waals surface area contributed by atoms with Crippen molar-refractivity contribution in [2.45, 2.75) is 39.0 Å². The molecule has 1 fully saturated rings. The van der Waals surface area contributed by atoms with E-state index in [1.807, 2.05) is 6.92 Å². The average Bonchev–Trinajstić information content (AvgIpc) is 2.89. The van der Waals surface area contributed by atoms with Crippen LogP contribution in [0.5, 0.6) is 0 Å². The number of rotatable bonds is 4. The Morgan fingerprint density at radius 3 is 2.72 bits per heavy atom. The predicted molar refractivity (Wildman–Crippen MR) is 71.3 cm³/mol. The number of anilines is 1. The van der Waals surface area contributed by atoms with Crippen molar-refractivity contribution in [2.24, 2.45) is 13.0 Å². The summed E-state index contributed by atoms with van der Waals surface area (Å²) in [7, 11) is 1.75. The summed E-state index contributed by atoms with van der Waals surface area (Å²) in [5.74, 6) is 0.671. The molecule has 0 bridgehead atoms. The van der Waals surface area contributed by atoms with Crippen molar-refractivity contribution in [3.8, 4) is 0 Å². The number of carbonyl (C=O) groups is 1. The molecule has 2 rings (SSSR count). The van der Waals surface area contributed by atoms with Crippen LogP contribution < -0.4 is 11.1 Å². The van der Waals surface area contributed by atoms with E-state index in [0.717, 1.165) is 18.9 Å². The summed E-state index contributed by atoms with van der Waals surface area (Å²) in [6.07, 6.45) is 6.37. The van der Waals surface area contributed by atoms with Crippen LogP contribution in [0.2, 0.25) is 0 Å². The maximum atomic E-state index is 12.0. The van der Waals surface area contributed by atoms with Gasteiger partial charge in [-0.3, -0.25) is 9.48 Å². The van der Waals surface area contributed by atoms with Gasteiger partial charge in [0.15, 0.2) is 0 Å². The van der Waals surface area contributed by atoms with Crippen molar-refractivity contribution >= 4 is 11.6 Å². The van der Waals surface area contributed by atoms with Crippen LogP contribution in [0.1, 0.15) is 48.3 Å². The van der Waals surface area contributed by atoms with Crippen LogP contribution in [0.4, 0.5) is 5.69 Å². The minimum absolute atomic E-state index is 0.117. The molecule has 100 valence electrons. The molecular weight excluding hydrogens is 228 g/mol. The molecule has 0 atom stereocenters. The van der Waals surface area contributed by atoms with Gasteiger partial charge in [-0.1, -0.05) is 25.7 Å². The zero-order valence-corrected chi connectivity index (χ0v) is 11.2. The normalized spacial score (nSPS) is 16.1. The lowest BCUT2D eigenvalue weighted by Gasteiger charge is -2.10. The maximum absolute atomic E-state index is 12.0. The standard InChI is InChI=1S/C13H22N4O/c1-9-11(14)12(17(2)16-9)13(18)15-8-7-10-5-3-4-6-10/h10H,3-8,14H2,1-2H3,(H,15,18). The number of aryl methyl sites for hydroxylation is 2. The van der Waals surface area contributed by atoms with Crippen LogP contribution in [0.15, 0.2) is 0 Å². The highest BCUT2D eigenvalue weighted by molar-refractivity contribution is 5.97. The van der Waals surface area contributed by atoms with Gasteiger partial charge >= 0.3 is 0 Å². The first-order valence-electron chi connectivity index (χ1n) is 6.67. The molecule has 1 aliphatic rings. The number of nitrogen functional groups attached to an aromatic ring is 1. The zero-order valence-electron chi connectivity index (χ0n) is 11.2. The van der Waals surface area contributed by atoms with E-state index in [2.05, 4.69) is 10.4 Å². The van der Waals surface area contributed by atoms with E-state index >= 15 is 0 Å². The third-order valence-corrected chi connectivity index (χ3v) is 3.80. The van der Waals surface area contributed by atoms with E-state index in [0.29, 0.717) is 17.1 Å². The lowest BCUT2D eigenvalue weighted by molar-refractivity contribution is 0.0943. The van der Waals surface area contributed by atoms with Gasteiger partial charge < -0.3 is 11.1 Å². The number of nitrogens with zero attached hydrogens (tertiary/aromatic N) is 2. The van der Waals surface area contributed by atoms with E-state index in [4.69, 9.17) is 5.73 Å². The first-order valence-corrected chi connectivity index (χ1v) is 6.67. The van der Waals surface area contributed by atoms with Crippen molar-refractivity contribution in [1.82, 2.24) is 15.1 Å². The number of nitrogens with one attached hydrogen (secondary N) is 1. The molecule has 0 radical (unpaired) electrons. The van der Waals surface area contributed by atoms with E-state index in [-0.39, 0.29) is 5.91 Å². The number of hydrogen-bond donors (Lipinski definition) is 2. The molecule has 1 saturated carbocycles. The number of hydrogen-bond acceptors (Lipinski definition) is 3. The van der Waals surface area contributed by atoms with Gasteiger partial charge in [0.05, 0.1) is 11.4 Å². The first-order chi connectivity index (χ1) is 8.59. The molecular formula is C13H22N4O. The number of nitrogens with two attached hydrogens (primary N) is 1. The third kappa shape index (κ3) is 2.66. The van der Waals surface area contributed by atoms with Crippen LogP contribution in [-0.2, 0) is 7.05 Å². The zero-order chi connectivity index (χ0) is 13.1. The molecule has 0 saturated heterocycles. The summed E-state index contributed by atoms with van der Waals surface area (Å²) in [6.45, 7) is 2.54. The fourth-order valence-corrected chi connectivity index (χ4v) is 2.72. The Balaban J connectivity index is 1.87. The Bertz CT molecular complexity index is 432. The first kappa shape index (κ1) is 12.9. The highest BCUT2D eigenvalue weighted by Gasteiger charge is 2.19. The molecule has 1 aliphatic carbocycles. The topological polar surface area (TPSA) is 72.9 Å². The predicted octanol–water partition coefficient (Wildman–Crippen LogP) is 1.62. The highest BCUT2D eigenvalue weighted by Crippen LogP contribution is 2.27. The molecule has 3 N–H and O–H groups in total. The van der Waals surface area contributed by atoms with E-state index in [1.54, 1.807) is 11.7 Å². The molecule has 0 aromatic carbocycles. The quantitative estimate of drug-likeness (QED) is 0.853. The average molecular weight is 250 g/mol. The van der Waals surface area contributed by atoms with Gasteiger partial charge in [-0.05, 0) is 19.3 Å². The van der Waals surface area contributed by atoms with Gasteiger partial charge in [-0.2, -0.15) is 5.10 Å². The van der Waals surface area contributed by atoms with Crippen molar-refractivity contribution in [3.05, 3.63) is 11.4 Å². The molecule has 1 heterocycles. The smallest absolute Gasteiger partial charge is 0.271 e. The lowest BCUT2D eigenvalue weighted by Crippen LogP contribution is -2.28. The fourth-order valence-electron chi connectivity index (χ4n) is 2.72. The largest absolute Gasteiger partial charge is 0.395 e. The van der Waals surface area contributed by atoms with Crippen LogP contribution in [0, 0.1) is 12.8 Å². The van der Waals surface area contributed by atoms with Crippen molar-refractivity contribution < 1.29 is 4.79 Å². The van der Waals surface area contributed by atoms with Gasteiger partial charge in [0.1, 0.15) is 5.69 Å². The molecule has 5 heteroatoms. The monoisotopic (exact) mass is 250 g/mol. The second-order valence-corrected chi connectivity index (χ2v) is 5.17. The van der Waals surface area contributed by atoms with Gasteiger partial charge in [0, 0.05) is 13.6 Å². The molecule has 5 nitrogen and oxygen atoms in total. The summed E-state index contributed by atoms with van der Waals surface area (Å²) < 4.78 is 1.55. The number of amides is 1. The molecule has 0 unspecified atom stereocenters. The highest BCUT2D eigenvalue weighted by atomic mass is 16.2. The van der Waals surface area contributed by atoms with Gasteiger partial charge in [-0.25, -0.2) is 0 Å². The molecule has 1 aromatic rings. The second kappa shape index (κ2) is 5.42. The van der Waals surface area contributed by atoms with Crippen molar-refractivity contribution in [3.63, 3.8) is 0 Å². The summed E-state index contributed by atoms with van der Waals surface area (Å²) in [6, 6.07) is 0. The molecule has 18 heavy (non-hydrogen) atoms. The Kier molecular flexibility index (Phi) is 3.89.